The van der Waals surface area contributed by atoms with E-state index in [1.807, 2.05) is 24.3 Å². The van der Waals surface area contributed by atoms with Crippen molar-refractivity contribution < 1.29 is 9.90 Å². The van der Waals surface area contributed by atoms with Gasteiger partial charge in [-0.05, 0) is 41.0 Å². The lowest BCUT2D eigenvalue weighted by Crippen LogP contribution is -2.20. The highest BCUT2D eigenvalue weighted by atomic mass is 79.9. The van der Waals surface area contributed by atoms with Crippen molar-refractivity contribution in [2.45, 2.75) is 16.6 Å². The quantitative estimate of drug-likeness (QED) is 0.817. The number of hydrogen-bond donors (Lipinski definition) is 2. The van der Waals surface area contributed by atoms with Crippen LogP contribution in [0, 0.1) is 0 Å². The summed E-state index contributed by atoms with van der Waals surface area (Å²) in [4.78, 5) is 11.8. The lowest BCUT2D eigenvalue weighted by atomic mass is 10.3. The van der Waals surface area contributed by atoms with E-state index in [4.69, 9.17) is 10.8 Å². The van der Waals surface area contributed by atoms with E-state index in [0.717, 1.165) is 9.37 Å². The van der Waals surface area contributed by atoms with Gasteiger partial charge in [-0.3, -0.25) is 4.79 Å². The van der Waals surface area contributed by atoms with Crippen LogP contribution in [0.5, 0.6) is 0 Å². The fourth-order valence-electron chi connectivity index (χ4n) is 1.08. The Hall–Kier alpha value is -0.520. The van der Waals surface area contributed by atoms with Crippen LogP contribution in [0.15, 0.2) is 33.6 Å². The topological polar surface area (TPSA) is 63.3 Å². The Morgan fingerprint density at radius 1 is 1.53 bits per heavy atom. The van der Waals surface area contributed by atoms with Crippen LogP contribution in [0.3, 0.4) is 0 Å². The molecule has 0 aliphatic heterocycles. The Labute approximate surface area is 101 Å². The third kappa shape index (κ3) is 3.85. The van der Waals surface area contributed by atoms with Gasteiger partial charge in [0.05, 0.1) is 0 Å². The first kappa shape index (κ1) is 12.5. The summed E-state index contributed by atoms with van der Waals surface area (Å²) in [5.74, 6) is -0.818. The Morgan fingerprint density at radius 2 is 2.20 bits per heavy atom. The van der Waals surface area contributed by atoms with E-state index in [9.17, 15) is 4.79 Å². The molecule has 82 valence electrons. The van der Waals surface area contributed by atoms with Crippen LogP contribution in [0.2, 0.25) is 0 Å². The molecular weight excluding hydrogens is 278 g/mol. The van der Waals surface area contributed by atoms with E-state index in [2.05, 4.69) is 15.9 Å². The highest BCUT2D eigenvalue weighted by Crippen LogP contribution is 2.31. The highest BCUT2D eigenvalue weighted by molar-refractivity contribution is 9.10. The van der Waals surface area contributed by atoms with Crippen LogP contribution in [-0.2, 0) is 4.79 Å². The zero-order chi connectivity index (χ0) is 11.3. The third-order valence-corrected chi connectivity index (χ3v) is 4.10. The summed E-state index contributed by atoms with van der Waals surface area (Å²) < 4.78 is 0.915. The van der Waals surface area contributed by atoms with Gasteiger partial charge >= 0.3 is 5.97 Å². The molecule has 15 heavy (non-hydrogen) atoms. The van der Waals surface area contributed by atoms with Gasteiger partial charge in [-0.1, -0.05) is 12.1 Å². The van der Waals surface area contributed by atoms with E-state index in [-0.39, 0.29) is 0 Å². The highest BCUT2D eigenvalue weighted by Gasteiger charge is 2.18. The number of halogens is 1. The molecule has 1 atom stereocenters. The van der Waals surface area contributed by atoms with Crippen molar-refractivity contribution in [3.63, 3.8) is 0 Å². The molecule has 1 rings (SSSR count). The zero-order valence-electron chi connectivity index (χ0n) is 8.02. The lowest BCUT2D eigenvalue weighted by molar-refractivity contribution is -0.136. The molecule has 3 N–H and O–H groups in total. The average Bonchev–Trinajstić information content (AvgIpc) is 2.20. The van der Waals surface area contributed by atoms with Gasteiger partial charge in [0.25, 0.3) is 0 Å². The van der Waals surface area contributed by atoms with Crippen LogP contribution in [0.25, 0.3) is 0 Å². The predicted octanol–water partition coefficient (Wildman–Crippen LogP) is 2.34. The summed E-state index contributed by atoms with van der Waals surface area (Å²) in [6.07, 6.45) is 0.474. The molecule has 0 bridgehead atoms. The number of carboxylic acids is 1. The van der Waals surface area contributed by atoms with Crippen molar-refractivity contribution in [1.82, 2.24) is 0 Å². The Balaban J connectivity index is 2.74. The molecule has 0 saturated carbocycles. The molecule has 1 unspecified atom stereocenters. The minimum atomic E-state index is -0.818. The number of thioether (sulfide) groups is 1. The molecule has 0 aliphatic rings. The molecule has 0 radical (unpaired) electrons. The summed E-state index contributed by atoms with van der Waals surface area (Å²) in [5.41, 5.74) is 5.37. The Morgan fingerprint density at radius 3 is 2.73 bits per heavy atom. The summed E-state index contributed by atoms with van der Waals surface area (Å²) in [5, 5.41) is 8.49. The minimum absolute atomic E-state index is 0.383. The molecule has 0 heterocycles. The maximum absolute atomic E-state index is 10.9. The van der Waals surface area contributed by atoms with E-state index >= 15 is 0 Å². The zero-order valence-corrected chi connectivity index (χ0v) is 10.4. The standard InChI is InChI=1S/C10H12BrNO2S/c11-7-3-1-2-4-8(7)15-9(5-6-12)10(13)14/h1-4,9H,5-6,12H2,(H,13,14). The molecule has 0 fully saturated rings. The van der Waals surface area contributed by atoms with Crippen LogP contribution >= 0.6 is 27.7 Å². The van der Waals surface area contributed by atoms with Crippen LogP contribution in [0.4, 0.5) is 0 Å². The predicted molar refractivity (Wildman–Crippen MR) is 65.1 cm³/mol. The number of benzene rings is 1. The van der Waals surface area contributed by atoms with Gasteiger partial charge in [0.15, 0.2) is 0 Å². The van der Waals surface area contributed by atoms with Gasteiger partial charge in [-0.2, -0.15) is 0 Å². The molecule has 1 aromatic rings. The smallest absolute Gasteiger partial charge is 0.317 e. The largest absolute Gasteiger partial charge is 0.480 e. The van der Waals surface area contributed by atoms with Gasteiger partial charge in [0.1, 0.15) is 5.25 Å². The van der Waals surface area contributed by atoms with Gasteiger partial charge in [0, 0.05) is 9.37 Å². The van der Waals surface area contributed by atoms with E-state index in [0.29, 0.717) is 13.0 Å². The molecule has 0 saturated heterocycles. The Bertz CT molecular complexity index is 346. The fraction of sp³-hybridized carbons (Fsp3) is 0.300. The summed E-state index contributed by atoms with van der Waals surface area (Å²) in [7, 11) is 0. The van der Waals surface area contributed by atoms with Gasteiger partial charge < -0.3 is 10.8 Å². The van der Waals surface area contributed by atoms with Crippen molar-refractivity contribution in [2.75, 3.05) is 6.54 Å². The fourth-order valence-corrected chi connectivity index (χ4v) is 2.64. The number of carboxylic acid groups (broad SMARTS) is 1. The number of carbonyl (C=O) groups is 1. The summed E-state index contributed by atoms with van der Waals surface area (Å²) in [6.45, 7) is 0.383. The third-order valence-electron chi connectivity index (χ3n) is 1.81. The average molecular weight is 290 g/mol. The molecule has 0 spiro atoms. The van der Waals surface area contributed by atoms with Gasteiger partial charge in [-0.15, -0.1) is 11.8 Å². The van der Waals surface area contributed by atoms with Crippen LogP contribution in [0.1, 0.15) is 6.42 Å². The number of rotatable bonds is 5. The first-order chi connectivity index (χ1) is 7.15. The molecular formula is C10H12BrNO2S. The van der Waals surface area contributed by atoms with Crippen molar-refractivity contribution in [3.05, 3.63) is 28.7 Å². The Kier molecular flexibility index (Phi) is 5.14. The first-order valence-corrected chi connectivity index (χ1v) is 6.16. The molecule has 5 heteroatoms. The van der Waals surface area contributed by atoms with Crippen molar-refractivity contribution >= 4 is 33.7 Å². The second-order valence-electron chi connectivity index (χ2n) is 2.95. The van der Waals surface area contributed by atoms with Crippen molar-refractivity contribution in [1.29, 1.82) is 0 Å². The normalized spacial score (nSPS) is 12.4. The molecule has 0 aromatic heterocycles. The van der Waals surface area contributed by atoms with E-state index in [1.165, 1.54) is 11.8 Å². The maximum Gasteiger partial charge on any atom is 0.317 e. The van der Waals surface area contributed by atoms with Crippen molar-refractivity contribution in [3.8, 4) is 0 Å². The number of nitrogens with two attached hydrogens (primary N) is 1. The van der Waals surface area contributed by atoms with E-state index < -0.39 is 11.2 Å². The van der Waals surface area contributed by atoms with Crippen molar-refractivity contribution in [2.24, 2.45) is 5.73 Å². The van der Waals surface area contributed by atoms with Crippen LogP contribution in [-0.4, -0.2) is 22.9 Å². The molecule has 3 nitrogen and oxygen atoms in total. The monoisotopic (exact) mass is 289 g/mol. The maximum atomic E-state index is 10.9. The van der Waals surface area contributed by atoms with Gasteiger partial charge in [0.2, 0.25) is 0 Å². The minimum Gasteiger partial charge on any atom is -0.480 e. The summed E-state index contributed by atoms with van der Waals surface area (Å²) in [6, 6.07) is 7.56. The second-order valence-corrected chi connectivity index (χ2v) is 5.05. The second kappa shape index (κ2) is 6.15. The molecule has 1 aromatic carbocycles. The lowest BCUT2D eigenvalue weighted by Gasteiger charge is -2.11. The van der Waals surface area contributed by atoms with E-state index in [1.54, 1.807) is 0 Å². The SMILES string of the molecule is NCCC(Sc1ccccc1Br)C(=O)O. The summed E-state index contributed by atoms with van der Waals surface area (Å²) >= 11 is 4.70. The number of aliphatic carboxylic acids is 1. The first-order valence-electron chi connectivity index (χ1n) is 4.49. The number of hydrogen-bond acceptors (Lipinski definition) is 3. The molecule has 0 amide bonds. The molecule has 0 aliphatic carbocycles. The van der Waals surface area contributed by atoms with Gasteiger partial charge in [-0.25, -0.2) is 0 Å². The van der Waals surface area contributed by atoms with Crippen LogP contribution < -0.4 is 5.73 Å².